The van der Waals surface area contributed by atoms with Gasteiger partial charge >= 0.3 is 0 Å². The van der Waals surface area contributed by atoms with Crippen LogP contribution in [0.15, 0.2) is 84.9 Å². The largest absolute Gasteiger partial charge is 0.497 e. The molecule has 0 aromatic heterocycles. The maximum Gasteiger partial charge on any atom is 0.178 e. The SMILES string of the molecule is COc1ccc2c3c(ccc2c1)OC(c1ccc(N2CCOCC2)cc1)(c1ccc(N2CCOCC2)cc1)C=C3. The Bertz CT molecular complexity index is 1460. The molecule has 0 spiro atoms. The second kappa shape index (κ2) is 10.5. The number of nitrogens with zero attached hydrogens (tertiary/aromatic N) is 2. The number of fused-ring (bicyclic) bond motifs is 3. The third-order valence-electron chi connectivity index (χ3n) is 8.33. The average Bonchev–Trinajstić information content (AvgIpc) is 3.05. The summed E-state index contributed by atoms with van der Waals surface area (Å²) in [5, 5.41) is 2.28. The number of ether oxygens (including phenoxy) is 4. The first-order valence-corrected chi connectivity index (χ1v) is 14.1. The second-order valence-electron chi connectivity index (χ2n) is 10.5. The average molecular weight is 535 g/mol. The van der Waals surface area contributed by atoms with Crippen molar-refractivity contribution in [1.82, 2.24) is 0 Å². The van der Waals surface area contributed by atoms with Gasteiger partial charge in [-0.15, -0.1) is 0 Å². The molecule has 0 radical (unpaired) electrons. The standard InChI is InChI=1S/C34H34N2O4/c1-37-30-11-12-31-25(24-30)2-13-33-32(31)14-15-34(40-33,26-3-7-28(8-4-26)35-16-20-38-21-17-35)27-5-9-29(10-6-27)36-18-22-39-23-19-36/h2-15,24H,16-23H2,1H3. The minimum atomic E-state index is -0.750. The molecule has 3 aliphatic heterocycles. The number of hydrogen-bond acceptors (Lipinski definition) is 6. The maximum atomic E-state index is 7.04. The summed E-state index contributed by atoms with van der Waals surface area (Å²) in [7, 11) is 1.70. The van der Waals surface area contributed by atoms with Crippen molar-refractivity contribution in [3.63, 3.8) is 0 Å². The summed E-state index contributed by atoms with van der Waals surface area (Å²) in [5.41, 5.74) is 4.96. The molecule has 4 aromatic carbocycles. The lowest BCUT2D eigenvalue weighted by molar-refractivity contribution is 0.122. The lowest BCUT2D eigenvalue weighted by atomic mass is 9.83. The van der Waals surface area contributed by atoms with Crippen LogP contribution in [-0.2, 0) is 15.1 Å². The highest BCUT2D eigenvalue weighted by Gasteiger charge is 2.37. The van der Waals surface area contributed by atoms with Crippen molar-refractivity contribution < 1.29 is 18.9 Å². The molecular weight excluding hydrogens is 500 g/mol. The van der Waals surface area contributed by atoms with E-state index in [0.717, 1.165) is 91.6 Å². The Labute approximate surface area is 235 Å². The minimum Gasteiger partial charge on any atom is -0.497 e. The summed E-state index contributed by atoms with van der Waals surface area (Å²) in [6.07, 6.45) is 4.44. The van der Waals surface area contributed by atoms with Crippen molar-refractivity contribution in [2.75, 3.05) is 69.5 Å². The summed E-state index contributed by atoms with van der Waals surface area (Å²) in [5.74, 6) is 1.72. The van der Waals surface area contributed by atoms with Crippen molar-refractivity contribution in [3.8, 4) is 11.5 Å². The minimum absolute atomic E-state index is 0.750. The number of rotatable bonds is 5. The van der Waals surface area contributed by atoms with Crippen molar-refractivity contribution in [1.29, 1.82) is 0 Å². The molecule has 0 atom stereocenters. The molecule has 0 saturated carbocycles. The molecule has 4 aromatic rings. The van der Waals surface area contributed by atoms with E-state index in [4.69, 9.17) is 18.9 Å². The first kappa shape index (κ1) is 25.0. The zero-order chi connectivity index (χ0) is 26.9. The maximum absolute atomic E-state index is 7.04. The molecule has 2 fully saturated rings. The Balaban J connectivity index is 1.29. The van der Waals surface area contributed by atoms with Crippen LogP contribution in [0.4, 0.5) is 11.4 Å². The first-order valence-electron chi connectivity index (χ1n) is 14.1. The Morgan fingerprint density at radius 2 is 1.25 bits per heavy atom. The Morgan fingerprint density at radius 3 is 1.80 bits per heavy atom. The summed E-state index contributed by atoms with van der Waals surface area (Å²) < 4.78 is 23.6. The fraction of sp³-hybridized carbons (Fsp3) is 0.294. The number of hydrogen-bond donors (Lipinski definition) is 0. The van der Waals surface area contributed by atoms with Gasteiger partial charge in [0.2, 0.25) is 0 Å². The number of anilines is 2. The second-order valence-corrected chi connectivity index (χ2v) is 10.5. The fourth-order valence-corrected chi connectivity index (χ4v) is 6.07. The molecular formula is C34H34N2O4. The Hall–Kier alpha value is -4.00. The van der Waals surface area contributed by atoms with E-state index in [1.54, 1.807) is 7.11 Å². The monoisotopic (exact) mass is 534 g/mol. The van der Waals surface area contributed by atoms with E-state index in [1.165, 1.54) is 11.4 Å². The molecule has 40 heavy (non-hydrogen) atoms. The van der Waals surface area contributed by atoms with E-state index in [9.17, 15) is 0 Å². The predicted molar refractivity (Wildman–Crippen MR) is 160 cm³/mol. The molecule has 3 heterocycles. The first-order chi connectivity index (χ1) is 19.7. The topological polar surface area (TPSA) is 43.4 Å². The number of morpholine rings is 2. The normalized spacial score (nSPS) is 18.3. The summed E-state index contributed by atoms with van der Waals surface area (Å²) in [4.78, 5) is 4.76. The van der Waals surface area contributed by atoms with Gasteiger partial charge in [0.1, 0.15) is 11.5 Å². The van der Waals surface area contributed by atoms with Crippen molar-refractivity contribution in [2.45, 2.75) is 5.60 Å². The lowest BCUT2D eigenvalue weighted by Gasteiger charge is -2.37. The summed E-state index contributed by atoms with van der Waals surface area (Å²) in [6.45, 7) is 6.72. The van der Waals surface area contributed by atoms with Crippen molar-refractivity contribution in [3.05, 3.63) is 102 Å². The molecule has 204 valence electrons. The molecule has 6 heteroatoms. The van der Waals surface area contributed by atoms with Gasteiger partial charge in [0, 0.05) is 54.2 Å². The van der Waals surface area contributed by atoms with Crippen molar-refractivity contribution in [2.24, 2.45) is 0 Å². The van der Waals surface area contributed by atoms with Crippen LogP contribution >= 0.6 is 0 Å². The van der Waals surface area contributed by atoms with Gasteiger partial charge in [-0.2, -0.15) is 0 Å². The van der Waals surface area contributed by atoms with Crippen LogP contribution in [0, 0.1) is 0 Å². The smallest absolute Gasteiger partial charge is 0.178 e. The van der Waals surface area contributed by atoms with Crippen LogP contribution in [-0.4, -0.2) is 59.7 Å². The van der Waals surface area contributed by atoms with E-state index in [0.29, 0.717) is 0 Å². The zero-order valence-corrected chi connectivity index (χ0v) is 22.8. The number of benzene rings is 4. The molecule has 7 rings (SSSR count). The van der Waals surface area contributed by atoms with Gasteiger partial charge in [-0.1, -0.05) is 30.3 Å². The third-order valence-corrected chi connectivity index (χ3v) is 8.33. The van der Waals surface area contributed by atoms with E-state index >= 15 is 0 Å². The lowest BCUT2D eigenvalue weighted by Crippen LogP contribution is -2.37. The highest BCUT2D eigenvalue weighted by molar-refractivity contribution is 5.94. The van der Waals surface area contributed by atoms with Crippen LogP contribution in [0.1, 0.15) is 16.7 Å². The molecule has 0 aliphatic carbocycles. The van der Waals surface area contributed by atoms with Crippen LogP contribution in [0.2, 0.25) is 0 Å². The van der Waals surface area contributed by atoms with E-state index in [-0.39, 0.29) is 0 Å². The molecule has 2 saturated heterocycles. The molecule has 3 aliphatic rings. The van der Waals surface area contributed by atoms with Crippen LogP contribution in [0.5, 0.6) is 11.5 Å². The van der Waals surface area contributed by atoms with E-state index in [1.807, 2.05) is 6.07 Å². The quantitative estimate of drug-likeness (QED) is 0.319. The highest BCUT2D eigenvalue weighted by Crippen LogP contribution is 2.45. The fourth-order valence-electron chi connectivity index (χ4n) is 6.07. The Kier molecular flexibility index (Phi) is 6.58. The van der Waals surface area contributed by atoms with Gasteiger partial charge in [0.25, 0.3) is 0 Å². The van der Waals surface area contributed by atoms with Gasteiger partial charge in [-0.25, -0.2) is 0 Å². The van der Waals surface area contributed by atoms with Crippen molar-refractivity contribution >= 4 is 28.2 Å². The number of methoxy groups -OCH3 is 1. The van der Waals surface area contributed by atoms with Crippen LogP contribution < -0.4 is 19.3 Å². The molecule has 0 N–H and O–H groups in total. The van der Waals surface area contributed by atoms with Gasteiger partial charge < -0.3 is 28.7 Å². The summed E-state index contributed by atoms with van der Waals surface area (Å²) in [6, 6.07) is 28.1. The summed E-state index contributed by atoms with van der Waals surface area (Å²) >= 11 is 0. The third kappa shape index (κ3) is 4.47. The van der Waals surface area contributed by atoms with Crippen LogP contribution in [0.25, 0.3) is 16.8 Å². The molecule has 0 amide bonds. The van der Waals surface area contributed by atoms with Crippen LogP contribution in [0.3, 0.4) is 0 Å². The molecule has 0 bridgehead atoms. The molecule has 0 unspecified atom stereocenters. The van der Waals surface area contributed by atoms with E-state index in [2.05, 4.69) is 94.7 Å². The van der Waals surface area contributed by atoms with E-state index < -0.39 is 5.60 Å². The molecule has 6 nitrogen and oxygen atoms in total. The van der Waals surface area contributed by atoms with Gasteiger partial charge in [0.05, 0.1) is 33.5 Å². The zero-order valence-electron chi connectivity index (χ0n) is 22.8. The van der Waals surface area contributed by atoms with Gasteiger partial charge in [-0.3, -0.25) is 0 Å². The van der Waals surface area contributed by atoms with Gasteiger partial charge in [-0.05, 0) is 71.5 Å². The highest BCUT2D eigenvalue weighted by atomic mass is 16.5. The Morgan fingerprint density at radius 1 is 0.675 bits per heavy atom. The predicted octanol–water partition coefficient (Wildman–Crippen LogP) is 5.87. The van der Waals surface area contributed by atoms with Gasteiger partial charge in [0.15, 0.2) is 5.60 Å².